The molecular weight excluding hydrogens is 452 g/mol. The van der Waals surface area contributed by atoms with E-state index in [1.807, 2.05) is 38.1 Å². The largest absolute Gasteiger partial charge is 0.493 e. The van der Waals surface area contributed by atoms with Crippen LogP contribution in [-0.2, 0) is 21.2 Å². The van der Waals surface area contributed by atoms with Crippen molar-refractivity contribution < 1.29 is 22.7 Å². The Balaban J connectivity index is 1.77. The molecule has 0 radical (unpaired) electrons. The van der Waals surface area contributed by atoms with Crippen LogP contribution >= 0.6 is 0 Å². The molecule has 0 saturated heterocycles. The molecule has 1 unspecified atom stereocenters. The number of sulfonamides is 1. The summed E-state index contributed by atoms with van der Waals surface area (Å²) < 4.78 is 39.3. The van der Waals surface area contributed by atoms with E-state index in [-0.39, 0.29) is 23.4 Å². The number of fused-ring (bicyclic) bond motifs is 1. The molecule has 1 heterocycles. The second-order valence-electron chi connectivity index (χ2n) is 8.31. The molecule has 1 aliphatic heterocycles. The average Bonchev–Trinajstić information content (AvgIpc) is 3.17. The Labute approximate surface area is 200 Å². The molecule has 0 saturated carbocycles. The van der Waals surface area contributed by atoms with Crippen molar-refractivity contribution in [2.45, 2.75) is 31.2 Å². The summed E-state index contributed by atoms with van der Waals surface area (Å²) in [4.78, 5) is 15.4. The van der Waals surface area contributed by atoms with Crippen LogP contribution in [0.15, 0.2) is 71.6 Å². The van der Waals surface area contributed by atoms with Gasteiger partial charge in [-0.15, -0.1) is 0 Å². The van der Waals surface area contributed by atoms with Crippen LogP contribution in [0, 0.1) is 6.92 Å². The van der Waals surface area contributed by atoms with E-state index < -0.39 is 10.0 Å². The predicted molar refractivity (Wildman–Crippen MR) is 132 cm³/mol. The van der Waals surface area contributed by atoms with Gasteiger partial charge in [0.2, 0.25) is 5.91 Å². The number of methoxy groups -OCH3 is 2. The molecule has 1 aliphatic rings. The van der Waals surface area contributed by atoms with Crippen molar-refractivity contribution in [3.63, 3.8) is 0 Å². The molecule has 34 heavy (non-hydrogen) atoms. The molecule has 0 spiro atoms. The van der Waals surface area contributed by atoms with Gasteiger partial charge in [0.15, 0.2) is 11.5 Å². The molecule has 7 nitrogen and oxygen atoms in total. The summed E-state index contributed by atoms with van der Waals surface area (Å²) in [5, 5.41) is 0. The van der Waals surface area contributed by atoms with Crippen molar-refractivity contribution >= 4 is 27.3 Å². The second-order valence-corrected chi connectivity index (χ2v) is 10.2. The molecule has 4 rings (SSSR count). The van der Waals surface area contributed by atoms with E-state index in [1.54, 1.807) is 47.4 Å². The van der Waals surface area contributed by atoms with E-state index in [1.165, 1.54) is 14.2 Å². The number of amides is 1. The first-order valence-electron chi connectivity index (χ1n) is 11.0. The first-order valence-corrected chi connectivity index (χ1v) is 12.4. The molecule has 0 fully saturated rings. The van der Waals surface area contributed by atoms with E-state index >= 15 is 0 Å². The minimum Gasteiger partial charge on any atom is -0.493 e. The van der Waals surface area contributed by atoms with Gasteiger partial charge in [-0.2, -0.15) is 0 Å². The molecule has 0 bridgehead atoms. The van der Waals surface area contributed by atoms with Gasteiger partial charge in [-0.25, -0.2) is 8.42 Å². The molecule has 178 valence electrons. The summed E-state index contributed by atoms with van der Waals surface area (Å²) in [5.41, 5.74) is 3.14. The minimum atomic E-state index is -4.05. The van der Waals surface area contributed by atoms with Gasteiger partial charge in [0, 0.05) is 17.8 Å². The summed E-state index contributed by atoms with van der Waals surface area (Å²) in [7, 11) is -1.06. The van der Waals surface area contributed by atoms with Crippen LogP contribution < -0.4 is 18.7 Å². The van der Waals surface area contributed by atoms with Crippen LogP contribution in [0.2, 0.25) is 0 Å². The van der Waals surface area contributed by atoms with Crippen LogP contribution in [-0.4, -0.2) is 41.1 Å². The summed E-state index contributed by atoms with van der Waals surface area (Å²) in [6, 6.07) is 19.0. The molecule has 1 atom stereocenters. The van der Waals surface area contributed by atoms with E-state index in [0.29, 0.717) is 17.2 Å². The smallest absolute Gasteiger partial charge is 0.264 e. The third kappa shape index (κ3) is 4.33. The number of benzene rings is 3. The van der Waals surface area contributed by atoms with Crippen LogP contribution in [0.1, 0.15) is 18.1 Å². The Bertz CT molecular complexity index is 1310. The van der Waals surface area contributed by atoms with Gasteiger partial charge in [0.05, 0.1) is 24.8 Å². The highest BCUT2D eigenvalue weighted by Crippen LogP contribution is 2.35. The van der Waals surface area contributed by atoms with Crippen LogP contribution in [0.25, 0.3) is 0 Å². The first-order chi connectivity index (χ1) is 16.3. The molecule has 0 aromatic heterocycles. The fourth-order valence-corrected chi connectivity index (χ4v) is 5.68. The number of ether oxygens (including phenoxy) is 2. The van der Waals surface area contributed by atoms with Gasteiger partial charge < -0.3 is 14.4 Å². The third-order valence-electron chi connectivity index (χ3n) is 6.02. The highest BCUT2D eigenvalue weighted by molar-refractivity contribution is 7.92. The number of para-hydroxylation sites is 1. The zero-order valence-corrected chi connectivity index (χ0v) is 20.5. The lowest BCUT2D eigenvalue weighted by molar-refractivity contribution is -0.117. The maximum absolute atomic E-state index is 13.8. The van der Waals surface area contributed by atoms with Crippen LogP contribution in [0.3, 0.4) is 0 Å². The monoisotopic (exact) mass is 480 g/mol. The number of carbonyl (C=O) groups excluding carboxylic acids is 1. The second kappa shape index (κ2) is 9.38. The summed E-state index contributed by atoms with van der Waals surface area (Å²) in [6.07, 6.45) is 0.725. The lowest BCUT2D eigenvalue weighted by Crippen LogP contribution is -2.45. The highest BCUT2D eigenvalue weighted by atomic mass is 32.2. The van der Waals surface area contributed by atoms with Crippen LogP contribution in [0.5, 0.6) is 11.5 Å². The average molecular weight is 481 g/mol. The Morgan fingerprint density at radius 1 is 1.00 bits per heavy atom. The molecule has 3 aromatic rings. The highest BCUT2D eigenvalue weighted by Gasteiger charge is 2.35. The molecule has 3 aromatic carbocycles. The van der Waals surface area contributed by atoms with Crippen molar-refractivity contribution in [1.29, 1.82) is 0 Å². The maximum Gasteiger partial charge on any atom is 0.264 e. The normalized spacial score (nSPS) is 15.1. The SMILES string of the molecule is COc1ccc(N(CC(=O)N2c3ccccc3CC2C)S(=O)(=O)c2ccc(C)cc2)cc1OC. The zero-order valence-electron chi connectivity index (χ0n) is 19.7. The Hall–Kier alpha value is -3.52. The fourth-order valence-electron chi connectivity index (χ4n) is 4.28. The molecule has 0 aliphatic carbocycles. The number of hydrogen-bond donors (Lipinski definition) is 0. The molecular formula is C26H28N2O5S. The number of aryl methyl sites for hydroxylation is 1. The summed E-state index contributed by atoms with van der Waals surface area (Å²) in [5.74, 6) is 0.534. The minimum absolute atomic E-state index is 0.0702. The first kappa shape index (κ1) is 23.6. The summed E-state index contributed by atoms with van der Waals surface area (Å²) in [6.45, 7) is 3.50. The van der Waals surface area contributed by atoms with Crippen molar-refractivity contribution in [1.82, 2.24) is 0 Å². The number of hydrogen-bond acceptors (Lipinski definition) is 5. The molecule has 8 heteroatoms. The quantitative estimate of drug-likeness (QED) is 0.507. The van der Waals surface area contributed by atoms with Gasteiger partial charge in [-0.05, 0) is 56.2 Å². The molecule has 1 amide bonds. The van der Waals surface area contributed by atoms with E-state index in [9.17, 15) is 13.2 Å². The van der Waals surface area contributed by atoms with E-state index in [0.717, 1.165) is 27.5 Å². The number of rotatable bonds is 7. The fraction of sp³-hybridized carbons (Fsp3) is 0.269. The van der Waals surface area contributed by atoms with Gasteiger partial charge >= 0.3 is 0 Å². The topological polar surface area (TPSA) is 76.2 Å². The van der Waals surface area contributed by atoms with Crippen molar-refractivity contribution in [3.8, 4) is 11.5 Å². The summed E-state index contributed by atoms with van der Waals surface area (Å²) >= 11 is 0. The zero-order chi connectivity index (χ0) is 24.5. The third-order valence-corrected chi connectivity index (χ3v) is 7.81. The van der Waals surface area contributed by atoms with Gasteiger partial charge in [-0.1, -0.05) is 35.9 Å². The maximum atomic E-state index is 13.8. The Morgan fingerprint density at radius 3 is 2.35 bits per heavy atom. The number of nitrogens with zero attached hydrogens (tertiary/aromatic N) is 2. The van der Waals surface area contributed by atoms with Crippen molar-refractivity contribution in [2.75, 3.05) is 30.0 Å². The van der Waals surface area contributed by atoms with Crippen LogP contribution in [0.4, 0.5) is 11.4 Å². The van der Waals surface area contributed by atoms with Gasteiger partial charge in [0.1, 0.15) is 6.54 Å². The van der Waals surface area contributed by atoms with Gasteiger partial charge in [-0.3, -0.25) is 9.10 Å². The lowest BCUT2D eigenvalue weighted by atomic mass is 10.1. The van der Waals surface area contributed by atoms with Crippen molar-refractivity contribution in [2.24, 2.45) is 0 Å². The van der Waals surface area contributed by atoms with Gasteiger partial charge in [0.25, 0.3) is 10.0 Å². The van der Waals surface area contributed by atoms with E-state index in [4.69, 9.17) is 9.47 Å². The Morgan fingerprint density at radius 2 is 1.68 bits per heavy atom. The number of anilines is 2. The predicted octanol–water partition coefficient (Wildman–Crippen LogP) is 4.19. The van der Waals surface area contributed by atoms with Crippen molar-refractivity contribution in [3.05, 3.63) is 77.9 Å². The lowest BCUT2D eigenvalue weighted by Gasteiger charge is -2.29. The molecule has 0 N–H and O–H groups in total. The van der Waals surface area contributed by atoms with E-state index in [2.05, 4.69) is 0 Å². The Kier molecular flexibility index (Phi) is 6.52. The number of carbonyl (C=O) groups is 1. The standard InChI is InChI=1S/C26H28N2O5S/c1-18-9-12-22(13-10-18)34(30,31)27(21-11-14-24(32-3)25(16-21)33-4)17-26(29)28-19(2)15-20-7-5-6-8-23(20)28/h5-14,16,19H,15,17H2,1-4H3.